The van der Waals surface area contributed by atoms with Crippen molar-refractivity contribution < 1.29 is 14.7 Å². The van der Waals surface area contributed by atoms with Crippen LogP contribution in [0.2, 0.25) is 0 Å². The fraction of sp³-hybridized carbons (Fsp3) is 0.652. The average Bonchev–Trinajstić information content (AvgIpc) is 3.42. The molecule has 1 N–H and O–H groups in total. The molecule has 2 saturated carbocycles. The minimum Gasteiger partial charge on any atom is -0.483 e. The summed E-state index contributed by atoms with van der Waals surface area (Å²) in [5.74, 6) is 2.91. The lowest BCUT2D eigenvalue weighted by Crippen LogP contribution is -2.45. The minimum absolute atomic E-state index is 0.222. The molecule has 3 aliphatic carbocycles. The number of hydrogen-bond donors (Lipinski definition) is 1. The van der Waals surface area contributed by atoms with Gasteiger partial charge in [-0.3, -0.25) is 9.59 Å². The summed E-state index contributed by atoms with van der Waals surface area (Å²) in [6.07, 6.45) is 7.30. The predicted molar refractivity (Wildman–Crippen MR) is 104 cm³/mol. The van der Waals surface area contributed by atoms with Gasteiger partial charge in [0.25, 0.3) is 6.47 Å². The van der Waals surface area contributed by atoms with E-state index in [9.17, 15) is 4.79 Å². The van der Waals surface area contributed by atoms with E-state index in [4.69, 9.17) is 9.90 Å². The number of carboxylic acid groups (broad SMARTS) is 1. The van der Waals surface area contributed by atoms with E-state index in [1.807, 2.05) is 0 Å². The molecule has 4 rings (SSSR count). The Bertz CT molecular complexity index is 702. The molecule has 0 saturated heterocycles. The summed E-state index contributed by atoms with van der Waals surface area (Å²) in [4.78, 5) is 21.3. The van der Waals surface area contributed by atoms with Crippen LogP contribution in [0.4, 0.5) is 0 Å². The van der Waals surface area contributed by atoms with Gasteiger partial charge in [0, 0.05) is 12.0 Å². The maximum atomic E-state index is 12.9. The third-order valence-electron chi connectivity index (χ3n) is 7.04. The lowest BCUT2D eigenvalue weighted by atomic mass is 9.54. The Morgan fingerprint density at radius 3 is 2.46 bits per heavy atom. The van der Waals surface area contributed by atoms with Crippen molar-refractivity contribution in [2.75, 3.05) is 0 Å². The van der Waals surface area contributed by atoms with Crippen LogP contribution in [0.5, 0.6) is 0 Å². The molecule has 0 spiro atoms. The van der Waals surface area contributed by atoms with Crippen molar-refractivity contribution in [2.24, 2.45) is 11.8 Å². The summed E-state index contributed by atoms with van der Waals surface area (Å²) in [6.45, 7) is 9.11. The van der Waals surface area contributed by atoms with Crippen LogP contribution in [-0.4, -0.2) is 17.4 Å². The number of fused-ring (bicyclic) bond motifs is 3. The molecule has 26 heavy (non-hydrogen) atoms. The molecule has 3 heteroatoms. The van der Waals surface area contributed by atoms with Gasteiger partial charge < -0.3 is 5.11 Å². The molecule has 0 amide bonds. The average molecular weight is 357 g/mol. The van der Waals surface area contributed by atoms with E-state index in [1.54, 1.807) is 5.56 Å². The van der Waals surface area contributed by atoms with Crippen LogP contribution >= 0.6 is 0 Å². The van der Waals surface area contributed by atoms with E-state index in [0.717, 1.165) is 17.9 Å². The van der Waals surface area contributed by atoms with Crippen LogP contribution in [0.15, 0.2) is 12.1 Å². The standard InChI is InChI=1S/C22H30O.CH2O2/c1-13(2)16-10-18-20(11-17(16)15-7-8-15)22(4)9-5-6-14(3)19(22)12-21(18)23;2-1-3/h10-11,13-15,19H,5-9,12H2,1-4H3;1H,(H,2,3). The smallest absolute Gasteiger partial charge is 0.290 e. The van der Waals surface area contributed by atoms with Crippen molar-refractivity contribution in [3.63, 3.8) is 0 Å². The van der Waals surface area contributed by atoms with Gasteiger partial charge in [0.1, 0.15) is 0 Å². The molecular weight excluding hydrogens is 324 g/mol. The predicted octanol–water partition coefficient (Wildman–Crippen LogP) is 5.67. The van der Waals surface area contributed by atoms with E-state index in [2.05, 4.69) is 39.8 Å². The number of Topliss-reactive ketones (excluding diaryl/α,β-unsaturated/α-hetero) is 1. The first-order chi connectivity index (χ1) is 12.3. The van der Waals surface area contributed by atoms with Crippen LogP contribution in [0, 0.1) is 11.8 Å². The van der Waals surface area contributed by atoms with E-state index in [1.165, 1.54) is 43.2 Å². The second-order valence-corrected chi connectivity index (χ2v) is 9.08. The Morgan fingerprint density at radius 2 is 1.88 bits per heavy atom. The van der Waals surface area contributed by atoms with Crippen molar-refractivity contribution in [1.29, 1.82) is 0 Å². The Balaban J connectivity index is 0.000000613. The normalized spacial score (nSPS) is 30.1. The van der Waals surface area contributed by atoms with Crippen LogP contribution in [0.3, 0.4) is 0 Å². The lowest BCUT2D eigenvalue weighted by molar-refractivity contribution is -0.122. The molecule has 142 valence electrons. The number of hydrogen-bond acceptors (Lipinski definition) is 2. The second-order valence-electron chi connectivity index (χ2n) is 9.08. The Hall–Kier alpha value is -1.64. The first-order valence-electron chi connectivity index (χ1n) is 10.1. The zero-order valence-corrected chi connectivity index (χ0v) is 16.5. The third-order valence-corrected chi connectivity index (χ3v) is 7.04. The monoisotopic (exact) mass is 356 g/mol. The number of ketones is 1. The quantitative estimate of drug-likeness (QED) is 0.695. The minimum atomic E-state index is -0.250. The Kier molecular flexibility index (Phi) is 5.28. The molecular formula is C23H32O3. The van der Waals surface area contributed by atoms with Gasteiger partial charge in [-0.25, -0.2) is 0 Å². The molecule has 0 aliphatic heterocycles. The molecule has 3 atom stereocenters. The lowest BCUT2D eigenvalue weighted by Gasteiger charge is -2.49. The Labute approximate surface area is 157 Å². The zero-order chi connectivity index (χ0) is 19.1. The molecule has 3 nitrogen and oxygen atoms in total. The van der Waals surface area contributed by atoms with Crippen molar-refractivity contribution >= 4 is 12.3 Å². The van der Waals surface area contributed by atoms with Gasteiger partial charge in [-0.1, -0.05) is 46.6 Å². The first kappa shape index (κ1) is 19.1. The van der Waals surface area contributed by atoms with Gasteiger partial charge >= 0.3 is 0 Å². The van der Waals surface area contributed by atoms with E-state index < -0.39 is 0 Å². The Morgan fingerprint density at radius 1 is 1.23 bits per heavy atom. The molecule has 0 bridgehead atoms. The van der Waals surface area contributed by atoms with Crippen LogP contribution in [0.25, 0.3) is 0 Å². The third kappa shape index (κ3) is 3.21. The van der Waals surface area contributed by atoms with Gasteiger partial charge in [-0.2, -0.15) is 0 Å². The van der Waals surface area contributed by atoms with Crippen molar-refractivity contribution in [1.82, 2.24) is 0 Å². The summed E-state index contributed by atoms with van der Waals surface area (Å²) in [5, 5.41) is 6.89. The zero-order valence-electron chi connectivity index (χ0n) is 16.5. The van der Waals surface area contributed by atoms with Gasteiger partial charge in [-0.15, -0.1) is 0 Å². The summed E-state index contributed by atoms with van der Waals surface area (Å²) in [7, 11) is 0. The van der Waals surface area contributed by atoms with Crippen LogP contribution < -0.4 is 0 Å². The van der Waals surface area contributed by atoms with Crippen molar-refractivity contribution in [2.45, 2.75) is 83.5 Å². The second kappa shape index (κ2) is 7.17. The van der Waals surface area contributed by atoms with Gasteiger partial charge in [0.15, 0.2) is 5.78 Å². The molecule has 3 aliphatic rings. The highest BCUT2D eigenvalue weighted by atomic mass is 16.3. The molecule has 3 unspecified atom stereocenters. The highest BCUT2D eigenvalue weighted by molar-refractivity contribution is 6.00. The topological polar surface area (TPSA) is 54.4 Å². The SMILES string of the molecule is CC(C)c1cc2c(cc1C1CC1)C1(C)CCCC(C)C1CC2=O.O=CO. The first-order valence-corrected chi connectivity index (χ1v) is 10.1. The number of carbonyl (C=O) groups is 2. The summed E-state index contributed by atoms with van der Waals surface area (Å²) < 4.78 is 0. The molecule has 1 aromatic carbocycles. The molecule has 0 heterocycles. The van der Waals surface area contributed by atoms with Gasteiger partial charge in [0.2, 0.25) is 0 Å². The summed E-state index contributed by atoms with van der Waals surface area (Å²) in [6, 6.07) is 4.77. The van der Waals surface area contributed by atoms with Crippen molar-refractivity contribution in [3.8, 4) is 0 Å². The number of benzene rings is 1. The van der Waals surface area contributed by atoms with E-state index >= 15 is 0 Å². The largest absolute Gasteiger partial charge is 0.483 e. The highest BCUT2D eigenvalue weighted by Crippen LogP contribution is 2.54. The maximum absolute atomic E-state index is 12.9. The van der Waals surface area contributed by atoms with E-state index in [-0.39, 0.29) is 11.9 Å². The molecule has 2 fully saturated rings. The van der Waals surface area contributed by atoms with Crippen molar-refractivity contribution in [3.05, 3.63) is 34.4 Å². The number of carbonyl (C=O) groups excluding carboxylic acids is 1. The fourth-order valence-corrected chi connectivity index (χ4v) is 5.46. The molecule has 0 radical (unpaired) electrons. The van der Waals surface area contributed by atoms with E-state index in [0.29, 0.717) is 23.5 Å². The van der Waals surface area contributed by atoms with Crippen LogP contribution in [0.1, 0.15) is 105 Å². The number of rotatable bonds is 2. The van der Waals surface area contributed by atoms with Gasteiger partial charge in [-0.05, 0) is 71.1 Å². The van der Waals surface area contributed by atoms with Crippen LogP contribution in [-0.2, 0) is 10.2 Å². The fourth-order valence-electron chi connectivity index (χ4n) is 5.46. The highest BCUT2D eigenvalue weighted by Gasteiger charge is 2.48. The van der Waals surface area contributed by atoms with Gasteiger partial charge in [0.05, 0.1) is 0 Å². The summed E-state index contributed by atoms with van der Waals surface area (Å²) in [5.41, 5.74) is 5.68. The maximum Gasteiger partial charge on any atom is 0.290 e. The summed E-state index contributed by atoms with van der Waals surface area (Å²) >= 11 is 0. The molecule has 1 aromatic rings. The molecule has 0 aromatic heterocycles.